The summed E-state index contributed by atoms with van der Waals surface area (Å²) in [7, 11) is 0. The van der Waals surface area contributed by atoms with Gasteiger partial charge in [-0.1, -0.05) is 129 Å². The Morgan fingerprint density at radius 1 is 0.361 bits per heavy atom. The third-order valence-electron chi connectivity index (χ3n) is 7.66. The number of rotatable bonds is 22. The van der Waals surface area contributed by atoms with E-state index in [-0.39, 0.29) is 0 Å². The molecule has 36 heavy (non-hydrogen) atoms. The Morgan fingerprint density at radius 3 is 0.889 bits per heavy atom. The third-order valence-corrected chi connectivity index (χ3v) is 7.66. The lowest BCUT2D eigenvalue weighted by Gasteiger charge is -2.22. The fourth-order valence-corrected chi connectivity index (χ4v) is 5.16. The highest BCUT2D eigenvalue weighted by Crippen LogP contribution is 2.20. The smallest absolute Gasteiger partial charge is 0.0219 e. The highest BCUT2D eigenvalue weighted by molar-refractivity contribution is 5.48. The average molecular weight is 495 g/mol. The van der Waals surface area contributed by atoms with Crippen LogP contribution in [-0.2, 0) is 0 Å². The lowest BCUT2D eigenvalue weighted by atomic mass is 10.0. The second-order valence-electron chi connectivity index (χ2n) is 11.0. The summed E-state index contributed by atoms with van der Waals surface area (Å²) in [6.07, 6.45) is 46.1. The average Bonchev–Trinajstić information content (AvgIpc) is 2.91. The molecule has 0 radical (unpaired) electrons. The van der Waals surface area contributed by atoms with Crippen LogP contribution in [0, 0.1) is 0 Å². The first-order valence-corrected chi connectivity index (χ1v) is 15.8. The van der Waals surface area contributed by atoms with Gasteiger partial charge in [-0.25, -0.2) is 0 Å². The van der Waals surface area contributed by atoms with Gasteiger partial charge in [0.05, 0.1) is 0 Å². The topological polar surface area (TPSA) is 6.48 Å². The fourth-order valence-electron chi connectivity index (χ4n) is 5.16. The van der Waals surface area contributed by atoms with Gasteiger partial charge in [-0.2, -0.15) is 0 Å². The molecule has 0 unspecified atom stereocenters. The minimum absolute atomic E-state index is 1.14. The van der Waals surface area contributed by atoms with E-state index in [9.17, 15) is 0 Å². The van der Waals surface area contributed by atoms with Crippen molar-refractivity contribution in [2.24, 2.45) is 0 Å². The lowest BCUT2D eigenvalue weighted by molar-refractivity contribution is 0.460. The van der Waals surface area contributed by atoms with Crippen LogP contribution in [0.2, 0.25) is 0 Å². The van der Waals surface area contributed by atoms with Crippen molar-refractivity contribution in [1.82, 2.24) is 9.80 Å². The van der Waals surface area contributed by atoms with Gasteiger partial charge < -0.3 is 9.80 Å². The number of hydrogen-bond acceptors (Lipinski definition) is 2. The minimum Gasteiger partial charge on any atom is -0.354 e. The maximum atomic E-state index is 2.35. The number of unbranched alkanes of at least 4 members (excludes halogenated alkanes) is 18. The second kappa shape index (κ2) is 21.4. The molecule has 0 fully saturated rings. The van der Waals surface area contributed by atoms with Crippen molar-refractivity contribution in [3.63, 3.8) is 0 Å². The molecule has 0 atom stereocenters. The summed E-state index contributed by atoms with van der Waals surface area (Å²) in [6.45, 7) is 6.87. The van der Waals surface area contributed by atoms with Crippen molar-refractivity contribution in [1.29, 1.82) is 0 Å². The molecule has 0 N–H and O–H groups in total. The summed E-state index contributed by atoms with van der Waals surface area (Å²) in [5, 5.41) is 0. The van der Waals surface area contributed by atoms with Crippen LogP contribution in [0.5, 0.6) is 0 Å². The molecule has 2 rings (SSSR count). The van der Waals surface area contributed by atoms with Crippen molar-refractivity contribution in [2.45, 2.75) is 142 Å². The van der Waals surface area contributed by atoms with Crippen molar-refractivity contribution in [3.8, 4) is 0 Å². The number of allylic oxidation sites excluding steroid dienone is 6. The first-order valence-electron chi connectivity index (χ1n) is 15.8. The van der Waals surface area contributed by atoms with E-state index in [1.165, 1.54) is 140 Å². The molecule has 0 aromatic heterocycles. The van der Waals surface area contributed by atoms with Crippen molar-refractivity contribution in [3.05, 3.63) is 60.3 Å². The standard InChI is InChI=1S/C34H58N2/c1-3-5-7-9-11-13-15-17-19-21-27-35-29-23-33(24-30-35)34-25-31-36(32-26-34)28-22-20-18-16-14-12-10-8-6-4-2/h23-26,29-32H,3-22,27-28H2,1-2H3. The normalized spacial score (nSPS) is 15.1. The van der Waals surface area contributed by atoms with E-state index < -0.39 is 0 Å². The van der Waals surface area contributed by atoms with E-state index in [1.54, 1.807) is 0 Å². The largest absolute Gasteiger partial charge is 0.354 e. The summed E-state index contributed by atoms with van der Waals surface area (Å²) < 4.78 is 0. The summed E-state index contributed by atoms with van der Waals surface area (Å²) in [6, 6.07) is 0. The van der Waals surface area contributed by atoms with Crippen LogP contribution in [0.15, 0.2) is 60.3 Å². The minimum atomic E-state index is 1.14. The number of hydrogen-bond donors (Lipinski definition) is 0. The van der Waals surface area contributed by atoms with Crippen LogP contribution in [0.1, 0.15) is 142 Å². The lowest BCUT2D eigenvalue weighted by Crippen LogP contribution is -2.15. The van der Waals surface area contributed by atoms with Gasteiger partial charge in [0.1, 0.15) is 0 Å². The highest BCUT2D eigenvalue weighted by atomic mass is 15.1. The van der Waals surface area contributed by atoms with Crippen LogP contribution < -0.4 is 0 Å². The number of nitrogens with zero attached hydrogens (tertiary/aromatic N) is 2. The molecule has 0 aromatic carbocycles. The van der Waals surface area contributed by atoms with Crippen molar-refractivity contribution in [2.75, 3.05) is 13.1 Å². The molecule has 0 spiro atoms. The Balaban J connectivity index is 1.49. The monoisotopic (exact) mass is 494 g/mol. The van der Waals surface area contributed by atoms with Gasteiger partial charge in [0.15, 0.2) is 0 Å². The second-order valence-corrected chi connectivity index (χ2v) is 11.0. The molecule has 0 saturated heterocycles. The molecular weight excluding hydrogens is 436 g/mol. The predicted molar refractivity (Wildman–Crippen MR) is 161 cm³/mol. The molecule has 2 heterocycles. The van der Waals surface area contributed by atoms with E-state index in [1.807, 2.05) is 0 Å². The molecule has 0 amide bonds. The SMILES string of the molecule is CCCCCCCCCCCCN1C=CC(=C2C=CN(CCCCCCCCCCCC)C=C2)C=C1. The first kappa shape index (κ1) is 30.5. The molecule has 2 aliphatic rings. The van der Waals surface area contributed by atoms with Crippen LogP contribution >= 0.6 is 0 Å². The maximum Gasteiger partial charge on any atom is 0.0219 e. The summed E-state index contributed by atoms with van der Waals surface area (Å²) in [4.78, 5) is 4.70. The molecule has 2 heteroatoms. The molecule has 0 saturated carbocycles. The van der Waals surface area contributed by atoms with Crippen LogP contribution in [0.25, 0.3) is 0 Å². The van der Waals surface area contributed by atoms with Crippen molar-refractivity contribution < 1.29 is 0 Å². The third kappa shape index (κ3) is 14.8. The van der Waals surface area contributed by atoms with E-state index in [0.717, 1.165) is 13.1 Å². The zero-order valence-electron chi connectivity index (χ0n) is 24.1. The molecule has 2 nitrogen and oxygen atoms in total. The Morgan fingerprint density at radius 2 is 0.611 bits per heavy atom. The molecular formula is C34H58N2. The maximum absolute atomic E-state index is 2.35. The molecule has 2 aliphatic heterocycles. The Kier molecular flexibility index (Phi) is 18.1. The van der Waals surface area contributed by atoms with Gasteiger partial charge in [0.2, 0.25) is 0 Å². The van der Waals surface area contributed by atoms with E-state index in [4.69, 9.17) is 0 Å². The van der Waals surface area contributed by atoms with E-state index in [2.05, 4.69) is 72.8 Å². The zero-order chi connectivity index (χ0) is 25.5. The van der Waals surface area contributed by atoms with Gasteiger partial charge in [-0.15, -0.1) is 0 Å². The Hall–Kier alpha value is -1.70. The van der Waals surface area contributed by atoms with Gasteiger partial charge >= 0.3 is 0 Å². The van der Waals surface area contributed by atoms with Gasteiger partial charge in [0, 0.05) is 37.9 Å². The summed E-state index contributed by atoms with van der Waals surface area (Å²) >= 11 is 0. The summed E-state index contributed by atoms with van der Waals surface area (Å²) in [5.41, 5.74) is 2.64. The molecule has 0 aliphatic carbocycles. The van der Waals surface area contributed by atoms with E-state index in [0.29, 0.717) is 0 Å². The van der Waals surface area contributed by atoms with Gasteiger partial charge in [-0.05, 0) is 48.3 Å². The first-order chi connectivity index (χ1) is 17.8. The van der Waals surface area contributed by atoms with Crippen LogP contribution in [-0.4, -0.2) is 22.9 Å². The Bertz CT molecular complexity index is 591. The summed E-state index contributed by atoms with van der Waals surface area (Å²) in [5.74, 6) is 0. The zero-order valence-corrected chi connectivity index (χ0v) is 24.1. The van der Waals surface area contributed by atoms with Crippen LogP contribution in [0.4, 0.5) is 0 Å². The highest BCUT2D eigenvalue weighted by Gasteiger charge is 2.07. The van der Waals surface area contributed by atoms with Gasteiger partial charge in [-0.3, -0.25) is 0 Å². The van der Waals surface area contributed by atoms with Gasteiger partial charge in [0.25, 0.3) is 0 Å². The Labute approximate surface area is 225 Å². The van der Waals surface area contributed by atoms with Crippen molar-refractivity contribution >= 4 is 0 Å². The quantitative estimate of drug-likeness (QED) is 0.138. The molecule has 204 valence electrons. The van der Waals surface area contributed by atoms with E-state index >= 15 is 0 Å². The molecule has 0 bridgehead atoms. The van der Waals surface area contributed by atoms with Crippen LogP contribution in [0.3, 0.4) is 0 Å². The fraction of sp³-hybridized carbons (Fsp3) is 0.706. The molecule has 0 aromatic rings. The predicted octanol–water partition coefficient (Wildman–Crippen LogP) is 10.8.